The molecule has 0 bridgehead atoms. The van der Waals surface area contributed by atoms with Crippen LogP contribution < -0.4 is 5.32 Å². The Labute approximate surface area is 111 Å². The van der Waals surface area contributed by atoms with Gasteiger partial charge in [-0.05, 0) is 39.3 Å². The highest BCUT2D eigenvalue weighted by molar-refractivity contribution is 5.07. The van der Waals surface area contributed by atoms with Crippen LogP contribution in [0, 0.1) is 0 Å². The molecule has 1 aliphatic heterocycles. The number of aromatic nitrogens is 1. The molecule has 1 N–H and O–H groups in total. The van der Waals surface area contributed by atoms with Crippen LogP contribution in [0.1, 0.15) is 39.8 Å². The average Bonchev–Trinajstić information content (AvgIpc) is 2.35. The molecule has 3 nitrogen and oxygen atoms in total. The van der Waals surface area contributed by atoms with Gasteiger partial charge in [0, 0.05) is 36.9 Å². The van der Waals surface area contributed by atoms with Gasteiger partial charge in [0.2, 0.25) is 0 Å². The quantitative estimate of drug-likeness (QED) is 0.889. The molecular weight excluding hydrogens is 222 g/mol. The van der Waals surface area contributed by atoms with Crippen LogP contribution in [0.25, 0.3) is 0 Å². The van der Waals surface area contributed by atoms with E-state index in [1.165, 1.54) is 0 Å². The normalized spacial score (nSPS) is 28.2. The molecule has 0 aliphatic carbocycles. The molecule has 1 atom stereocenters. The van der Waals surface area contributed by atoms with Gasteiger partial charge >= 0.3 is 0 Å². The molecule has 0 saturated carbocycles. The van der Waals surface area contributed by atoms with Gasteiger partial charge in [-0.2, -0.15) is 0 Å². The molecule has 0 amide bonds. The van der Waals surface area contributed by atoms with Crippen LogP contribution in [0.3, 0.4) is 0 Å². The second-order valence-electron chi connectivity index (χ2n) is 6.27. The van der Waals surface area contributed by atoms with Gasteiger partial charge in [-0.3, -0.25) is 9.88 Å². The van der Waals surface area contributed by atoms with Crippen molar-refractivity contribution < 1.29 is 0 Å². The first-order chi connectivity index (χ1) is 8.45. The molecule has 0 aromatic carbocycles. The second kappa shape index (κ2) is 4.98. The molecule has 2 heterocycles. The zero-order chi connectivity index (χ0) is 13.2. The van der Waals surface area contributed by atoms with Crippen molar-refractivity contribution >= 4 is 0 Å². The van der Waals surface area contributed by atoms with E-state index >= 15 is 0 Å². The molecule has 2 rings (SSSR count). The molecule has 18 heavy (non-hydrogen) atoms. The fraction of sp³-hybridized carbons (Fsp3) is 0.667. The zero-order valence-electron chi connectivity index (χ0n) is 12.0. The summed E-state index contributed by atoms with van der Waals surface area (Å²) in [6.45, 7) is 12.2. The summed E-state index contributed by atoms with van der Waals surface area (Å²) in [5.74, 6) is 0. The maximum absolute atomic E-state index is 4.46. The number of rotatable bonds is 3. The van der Waals surface area contributed by atoms with Crippen molar-refractivity contribution in [2.24, 2.45) is 0 Å². The SMILES string of the molecule is CCC1(C)CNC(C)(C)CN1Cc1ccccn1. The van der Waals surface area contributed by atoms with Gasteiger partial charge < -0.3 is 5.32 Å². The minimum Gasteiger partial charge on any atom is -0.309 e. The van der Waals surface area contributed by atoms with E-state index in [4.69, 9.17) is 0 Å². The predicted molar refractivity (Wildman–Crippen MR) is 75.4 cm³/mol. The molecule has 1 fully saturated rings. The van der Waals surface area contributed by atoms with Gasteiger partial charge in [0.15, 0.2) is 0 Å². The lowest BCUT2D eigenvalue weighted by atomic mass is 9.88. The fourth-order valence-electron chi connectivity index (χ4n) is 2.55. The predicted octanol–water partition coefficient (Wildman–Crippen LogP) is 2.43. The number of nitrogens with one attached hydrogen (secondary N) is 1. The third-order valence-electron chi connectivity index (χ3n) is 4.14. The first-order valence-corrected chi connectivity index (χ1v) is 6.85. The van der Waals surface area contributed by atoms with Crippen LogP contribution in [-0.4, -0.2) is 34.1 Å². The molecule has 1 saturated heterocycles. The van der Waals surface area contributed by atoms with Gasteiger partial charge in [-0.1, -0.05) is 13.0 Å². The maximum atomic E-state index is 4.46. The highest BCUT2D eigenvalue weighted by atomic mass is 15.3. The van der Waals surface area contributed by atoms with Gasteiger partial charge in [0.1, 0.15) is 0 Å². The first kappa shape index (κ1) is 13.5. The van der Waals surface area contributed by atoms with Crippen molar-refractivity contribution in [2.45, 2.75) is 51.7 Å². The molecule has 0 radical (unpaired) electrons. The monoisotopic (exact) mass is 247 g/mol. The van der Waals surface area contributed by atoms with Crippen molar-refractivity contribution in [3.8, 4) is 0 Å². The number of piperazine rings is 1. The summed E-state index contributed by atoms with van der Waals surface area (Å²) in [6.07, 6.45) is 3.04. The molecule has 0 spiro atoms. The topological polar surface area (TPSA) is 28.2 Å². The second-order valence-corrected chi connectivity index (χ2v) is 6.27. The molecule has 1 aromatic rings. The Morgan fingerprint density at radius 1 is 1.33 bits per heavy atom. The van der Waals surface area contributed by atoms with Crippen molar-refractivity contribution in [2.75, 3.05) is 13.1 Å². The van der Waals surface area contributed by atoms with Gasteiger partial charge in [-0.25, -0.2) is 0 Å². The number of hydrogen-bond donors (Lipinski definition) is 1. The highest BCUT2D eigenvalue weighted by Gasteiger charge is 2.39. The van der Waals surface area contributed by atoms with Gasteiger partial charge in [0.05, 0.1) is 5.69 Å². The third kappa shape index (κ3) is 2.90. The Hall–Kier alpha value is -0.930. The zero-order valence-corrected chi connectivity index (χ0v) is 12.0. The Morgan fingerprint density at radius 2 is 2.11 bits per heavy atom. The minimum atomic E-state index is 0.184. The smallest absolute Gasteiger partial charge is 0.0544 e. The molecular formula is C15H25N3. The van der Waals surface area contributed by atoms with E-state index in [0.29, 0.717) is 0 Å². The lowest BCUT2D eigenvalue weighted by Gasteiger charge is -2.51. The largest absolute Gasteiger partial charge is 0.309 e. The van der Waals surface area contributed by atoms with E-state index in [1.54, 1.807) is 0 Å². The van der Waals surface area contributed by atoms with Crippen LogP contribution in [0.2, 0.25) is 0 Å². The summed E-state index contributed by atoms with van der Waals surface area (Å²) < 4.78 is 0. The number of pyridine rings is 1. The summed E-state index contributed by atoms with van der Waals surface area (Å²) in [5, 5.41) is 3.65. The highest BCUT2D eigenvalue weighted by Crippen LogP contribution is 2.27. The molecule has 1 unspecified atom stereocenters. The Kier molecular flexibility index (Phi) is 3.74. The van der Waals surface area contributed by atoms with E-state index in [-0.39, 0.29) is 11.1 Å². The Morgan fingerprint density at radius 3 is 2.72 bits per heavy atom. The summed E-state index contributed by atoms with van der Waals surface area (Å²) in [7, 11) is 0. The van der Waals surface area contributed by atoms with Crippen LogP contribution in [0.4, 0.5) is 0 Å². The summed E-state index contributed by atoms with van der Waals surface area (Å²) >= 11 is 0. The lowest BCUT2D eigenvalue weighted by molar-refractivity contribution is 0.0166. The van der Waals surface area contributed by atoms with Crippen molar-refractivity contribution in [3.05, 3.63) is 30.1 Å². The maximum Gasteiger partial charge on any atom is 0.0544 e. The van der Waals surface area contributed by atoms with Crippen molar-refractivity contribution in [1.82, 2.24) is 15.2 Å². The standard InChI is InChI=1S/C15H25N3/c1-5-15(4)11-17-14(2,3)12-18(15)10-13-8-6-7-9-16-13/h6-9,17H,5,10-12H2,1-4H3. The van der Waals surface area contributed by atoms with Gasteiger partial charge in [0.25, 0.3) is 0 Å². The van der Waals surface area contributed by atoms with Gasteiger partial charge in [-0.15, -0.1) is 0 Å². The fourth-order valence-corrected chi connectivity index (χ4v) is 2.55. The number of nitrogens with zero attached hydrogens (tertiary/aromatic N) is 2. The van der Waals surface area contributed by atoms with Crippen LogP contribution in [-0.2, 0) is 6.54 Å². The van der Waals surface area contributed by atoms with E-state index < -0.39 is 0 Å². The van der Waals surface area contributed by atoms with Crippen LogP contribution in [0.15, 0.2) is 24.4 Å². The molecule has 100 valence electrons. The molecule has 1 aromatic heterocycles. The minimum absolute atomic E-state index is 0.184. The van der Waals surface area contributed by atoms with Crippen molar-refractivity contribution in [3.63, 3.8) is 0 Å². The first-order valence-electron chi connectivity index (χ1n) is 6.85. The van der Waals surface area contributed by atoms with Crippen LogP contribution >= 0.6 is 0 Å². The molecule has 1 aliphatic rings. The summed E-state index contributed by atoms with van der Waals surface area (Å²) in [6, 6.07) is 6.16. The Bertz CT molecular complexity index is 388. The Balaban J connectivity index is 2.16. The third-order valence-corrected chi connectivity index (χ3v) is 4.14. The van der Waals surface area contributed by atoms with E-state index in [2.05, 4.69) is 55.0 Å². The van der Waals surface area contributed by atoms with Crippen molar-refractivity contribution in [1.29, 1.82) is 0 Å². The molecule has 3 heteroatoms. The summed E-state index contributed by atoms with van der Waals surface area (Å²) in [4.78, 5) is 7.03. The van der Waals surface area contributed by atoms with Crippen LogP contribution in [0.5, 0.6) is 0 Å². The number of hydrogen-bond acceptors (Lipinski definition) is 3. The van der Waals surface area contributed by atoms with E-state index in [9.17, 15) is 0 Å². The summed E-state index contributed by atoms with van der Waals surface area (Å²) in [5.41, 5.74) is 1.58. The van der Waals surface area contributed by atoms with E-state index in [0.717, 1.165) is 31.7 Å². The lowest BCUT2D eigenvalue weighted by Crippen LogP contribution is -2.66. The average molecular weight is 247 g/mol. The van der Waals surface area contributed by atoms with E-state index in [1.807, 2.05) is 12.3 Å².